The summed E-state index contributed by atoms with van der Waals surface area (Å²) in [5, 5.41) is 2.98. The third kappa shape index (κ3) is 4.77. The van der Waals surface area contributed by atoms with Gasteiger partial charge in [-0.25, -0.2) is 0 Å². The minimum absolute atomic E-state index is 0.126. The molecule has 0 saturated carbocycles. The van der Waals surface area contributed by atoms with Gasteiger partial charge in [0.05, 0.1) is 33.3 Å². The maximum Gasteiger partial charge on any atom is 0.253 e. The number of carbonyl (C=O) groups excluding carboxylic acids is 1. The number of pyridine rings is 1. The van der Waals surface area contributed by atoms with E-state index in [1.54, 1.807) is 25.6 Å². The quantitative estimate of drug-likeness (QED) is 0.800. The molecule has 2 N–H and O–H groups in total. The van der Waals surface area contributed by atoms with Crippen LogP contribution in [0.1, 0.15) is 22.0 Å². The number of likely N-dealkylation sites (N-methyl/N-ethyl adjacent to an activating group) is 1. The van der Waals surface area contributed by atoms with Gasteiger partial charge in [0, 0.05) is 22.4 Å². The molecule has 1 heterocycles. The first-order valence-corrected chi connectivity index (χ1v) is 8.13. The van der Waals surface area contributed by atoms with Crippen molar-refractivity contribution in [3.05, 3.63) is 58.3 Å². The van der Waals surface area contributed by atoms with Gasteiger partial charge in [-0.15, -0.1) is 0 Å². The van der Waals surface area contributed by atoms with E-state index in [2.05, 4.69) is 40.3 Å². The maximum atomic E-state index is 12.3. The number of halogens is 1. The predicted octanol–water partition coefficient (Wildman–Crippen LogP) is 1.47. The lowest BCUT2D eigenvalue weighted by Gasteiger charge is -2.22. The molecule has 0 bridgehead atoms. The fraction of sp³-hybridized carbons (Fsp3) is 0.294. The zero-order chi connectivity index (χ0) is 16.8. The van der Waals surface area contributed by atoms with Crippen molar-refractivity contribution in [1.82, 2.24) is 10.3 Å². The second-order valence-electron chi connectivity index (χ2n) is 5.50. The maximum absolute atomic E-state index is 12.3. The van der Waals surface area contributed by atoms with Crippen LogP contribution in [0.3, 0.4) is 0 Å². The summed E-state index contributed by atoms with van der Waals surface area (Å²) in [4.78, 5) is 17.5. The highest BCUT2D eigenvalue weighted by molar-refractivity contribution is 9.10. The number of hydrogen-bond acceptors (Lipinski definition) is 3. The van der Waals surface area contributed by atoms with Crippen molar-refractivity contribution in [2.75, 3.05) is 27.7 Å². The van der Waals surface area contributed by atoms with Crippen LogP contribution in [-0.4, -0.2) is 38.6 Å². The molecule has 0 aliphatic heterocycles. The molecule has 5 nitrogen and oxygen atoms in total. The Kier molecular flexibility index (Phi) is 6.12. The molecule has 1 atom stereocenters. The van der Waals surface area contributed by atoms with E-state index >= 15 is 0 Å². The van der Waals surface area contributed by atoms with Crippen LogP contribution >= 0.6 is 15.9 Å². The Balaban J connectivity index is 2.06. The highest BCUT2D eigenvalue weighted by Gasteiger charge is 2.19. The largest absolute Gasteiger partial charge is 0.497 e. The number of benzene rings is 1. The highest BCUT2D eigenvalue weighted by atomic mass is 79.9. The molecule has 1 amide bonds. The number of nitrogens with zero attached hydrogens (tertiary/aromatic N) is 1. The van der Waals surface area contributed by atoms with Gasteiger partial charge in [-0.3, -0.25) is 9.78 Å². The van der Waals surface area contributed by atoms with Crippen LogP contribution in [0.5, 0.6) is 5.75 Å². The molecule has 0 spiro atoms. The number of aromatic nitrogens is 1. The molecule has 23 heavy (non-hydrogen) atoms. The van der Waals surface area contributed by atoms with E-state index in [9.17, 15) is 4.79 Å². The first-order valence-electron chi connectivity index (χ1n) is 7.34. The highest BCUT2D eigenvalue weighted by Crippen LogP contribution is 2.16. The lowest BCUT2D eigenvalue weighted by molar-refractivity contribution is -0.890. The van der Waals surface area contributed by atoms with Crippen molar-refractivity contribution >= 4 is 21.8 Å². The van der Waals surface area contributed by atoms with E-state index in [0.29, 0.717) is 12.1 Å². The lowest BCUT2D eigenvalue weighted by Crippen LogP contribution is -3.07. The minimum Gasteiger partial charge on any atom is -0.497 e. The molecule has 1 aromatic heterocycles. The summed E-state index contributed by atoms with van der Waals surface area (Å²) in [7, 11) is 5.79. The number of ether oxygens (including phenoxy) is 1. The fourth-order valence-electron chi connectivity index (χ4n) is 2.32. The van der Waals surface area contributed by atoms with Crippen LogP contribution in [0.4, 0.5) is 0 Å². The fourth-order valence-corrected chi connectivity index (χ4v) is 2.69. The molecule has 0 unspecified atom stereocenters. The molecule has 122 valence electrons. The number of amides is 1. The van der Waals surface area contributed by atoms with Gasteiger partial charge in [-0.05, 0) is 46.3 Å². The molecule has 0 aliphatic rings. The van der Waals surface area contributed by atoms with Gasteiger partial charge in [0.2, 0.25) is 0 Å². The molecule has 0 aliphatic carbocycles. The van der Waals surface area contributed by atoms with Gasteiger partial charge in [0.25, 0.3) is 5.91 Å². The Labute approximate surface area is 144 Å². The van der Waals surface area contributed by atoms with Crippen LogP contribution in [0, 0.1) is 0 Å². The smallest absolute Gasteiger partial charge is 0.253 e. The standard InChI is InChI=1S/C17H20BrN3O2/c1-21(2)16(12-4-6-15(23-3)7-5-12)11-20-17(22)13-8-14(18)10-19-9-13/h4-10,16H,11H2,1-3H3,(H,20,22)/p+1/t16-/m0/s1. The second kappa shape index (κ2) is 8.08. The third-order valence-corrected chi connectivity index (χ3v) is 4.08. The van der Waals surface area contributed by atoms with Crippen LogP contribution < -0.4 is 15.0 Å². The molecule has 0 saturated heterocycles. The summed E-state index contributed by atoms with van der Waals surface area (Å²) >= 11 is 3.33. The molecule has 2 aromatic rings. The van der Waals surface area contributed by atoms with Crippen molar-refractivity contribution in [2.45, 2.75) is 6.04 Å². The molecule has 0 radical (unpaired) electrons. The van der Waals surface area contributed by atoms with Crippen molar-refractivity contribution in [1.29, 1.82) is 0 Å². The number of hydrogen-bond donors (Lipinski definition) is 2. The van der Waals surface area contributed by atoms with Gasteiger partial charge >= 0.3 is 0 Å². The number of methoxy groups -OCH3 is 1. The Morgan fingerprint density at radius 3 is 2.57 bits per heavy atom. The monoisotopic (exact) mass is 378 g/mol. The average molecular weight is 379 g/mol. The molecule has 6 heteroatoms. The summed E-state index contributed by atoms with van der Waals surface area (Å²) < 4.78 is 5.98. The molecular weight excluding hydrogens is 358 g/mol. The number of carbonyl (C=O) groups is 1. The van der Waals surface area contributed by atoms with Gasteiger partial charge in [0.15, 0.2) is 0 Å². The first-order chi connectivity index (χ1) is 11.0. The number of rotatable bonds is 6. The molecule has 2 rings (SSSR count). The summed E-state index contributed by atoms with van der Waals surface area (Å²) in [6, 6.07) is 9.85. The minimum atomic E-state index is -0.126. The molecular formula is C17H21BrN3O2+. The van der Waals surface area contributed by atoms with Crippen molar-refractivity contribution in [2.24, 2.45) is 0 Å². The van der Waals surface area contributed by atoms with Crippen LogP contribution in [0.15, 0.2) is 47.2 Å². The summed E-state index contributed by atoms with van der Waals surface area (Å²) in [6.07, 6.45) is 3.21. The average Bonchev–Trinajstić information content (AvgIpc) is 2.55. The van der Waals surface area contributed by atoms with E-state index in [1.807, 2.05) is 24.3 Å². The number of nitrogens with one attached hydrogen (secondary N) is 2. The van der Waals surface area contributed by atoms with Crippen LogP contribution in [0.2, 0.25) is 0 Å². The Bertz CT molecular complexity index is 659. The van der Waals surface area contributed by atoms with Gasteiger partial charge in [0.1, 0.15) is 11.8 Å². The van der Waals surface area contributed by atoms with Gasteiger partial charge in [-0.1, -0.05) is 0 Å². The first kappa shape index (κ1) is 17.4. The van der Waals surface area contributed by atoms with Crippen molar-refractivity contribution in [3.8, 4) is 5.75 Å². The Hall–Kier alpha value is -1.92. The van der Waals surface area contributed by atoms with Crippen molar-refractivity contribution in [3.63, 3.8) is 0 Å². The third-order valence-electron chi connectivity index (χ3n) is 3.65. The van der Waals surface area contributed by atoms with Gasteiger partial charge < -0.3 is 15.0 Å². The Morgan fingerprint density at radius 1 is 1.30 bits per heavy atom. The summed E-state index contributed by atoms with van der Waals surface area (Å²) in [6.45, 7) is 0.542. The van der Waals surface area contributed by atoms with Crippen LogP contribution in [0.25, 0.3) is 0 Å². The van der Waals surface area contributed by atoms with E-state index in [1.165, 1.54) is 4.90 Å². The summed E-state index contributed by atoms with van der Waals surface area (Å²) in [5.74, 6) is 0.698. The zero-order valence-corrected chi connectivity index (χ0v) is 15.1. The number of quaternary nitrogens is 1. The normalized spacial score (nSPS) is 12.0. The Morgan fingerprint density at radius 2 is 2.00 bits per heavy atom. The predicted molar refractivity (Wildman–Crippen MR) is 92.8 cm³/mol. The zero-order valence-electron chi connectivity index (χ0n) is 13.5. The van der Waals surface area contributed by atoms with Gasteiger partial charge in [-0.2, -0.15) is 0 Å². The van der Waals surface area contributed by atoms with E-state index in [4.69, 9.17) is 4.74 Å². The van der Waals surface area contributed by atoms with Crippen molar-refractivity contribution < 1.29 is 14.4 Å². The van der Waals surface area contributed by atoms with E-state index in [0.717, 1.165) is 15.8 Å². The van der Waals surface area contributed by atoms with E-state index < -0.39 is 0 Å². The van der Waals surface area contributed by atoms with Crippen LogP contribution in [-0.2, 0) is 0 Å². The SMILES string of the molecule is COc1ccc([C@H](CNC(=O)c2cncc(Br)c2)[NH+](C)C)cc1. The summed E-state index contributed by atoms with van der Waals surface area (Å²) in [5.41, 5.74) is 1.69. The van der Waals surface area contributed by atoms with E-state index in [-0.39, 0.29) is 11.9 Å². The molecule has 0 fully saturated rings. The topological polar surface area (TPSA) is 55.7 Å². The lowest BCUT2D eigenvalue weighted by atomic mass is 10.1. The molecule has 1 aromatic carbocycles. The second-order valence-corrected chi connectivity index (χ2v) is 6.42.